The van der Waals surface area contributed by atoms with Crippen molar-refractivity contribution >= 4 is 0 Å². The lowest BCUT2D eigenvalue weighted by Crippen LogP contribution is -2.52. The Morgan fingerprint density at radius 3 is 2.94 bits per heavy atom. The average Bonchev–Trinajstić information content (AvgIpc) is 3.22. The number of hydrogen-bond donors (Lipinski definition) is 1. The third-order valence-electron chi connectivity index (χ3n) is 4.31. The molecule has 0 amide bonds. The molecule has 1 aliphatic heterocycles. The fourth-order valence-electron chi connectivity index (χ4n) is 2.95. The lowest BCUT2D eigenvalue weighted by molar-refractivity contribution is 0.144. The standard InChI is InChI=1S/C15H21FN2/c1-11(13-3-2-4-14(16)9-13)18-8-7-17-15(10-18)12-5-6-12/h2-4,9,11-12,15,17H,5-8,10H2,1H3. The van der Waals surface area contributed by atoms with Crippen LogP contribution < -0.4 is 5.32 Å². The fraction of sp³-hybridized carbons (Fsp3) is 0.600. The second-order valence-electron chi connectivity index (χ2n) is 5.62. The van der Waals surface area contributed by atoms with E-state index in [0.29, 0.717) is 12.1 Å². The molecule has 2 aliphatic rings. The zero-order valence-electron chi connectivity index (χ0n) is 10.9. The van der Waals surface area contributed by atoms with Crippen molar-refractivity contribution in [3.05, 3.63) is 35.6 Å². The summed E-state index contributed by atoms with van der Waals surface area (Å²) in [5.74, 6) is 0.751. The highest BCUT2D eigenvalue weighted by Crippen LogP contribution is 2.35. The number of benzene rings is 1. The van der Waals surface area contributed by atoms with E-state index in [0.717, 1.165) is 31.1 Å². The predicted octanol–water partition coefficient (Wildman–Crippen LogP) is 2.57. The van der Waals surface area contributed by atoms with Gasteiger partial charge in [-0.05, 0) is 43.4 Å². The summed E-state index contributed by atoms with van der Waals surface area (Å²) >= 11 is 0. The average molecular weight is 248 g/mol. The smallest absolute Gasteiger partial charge is 0.123 e. The molecular weight excluding hydrogens is 227 g/mol. The van der Waals surface area contributed by atoms with Crippen molar-refractivity contribution in [3.8, 4) is 0 Å². The molecule has 0 radical (unpaired) electrons. The summed E-state index contributed by atoms with van der Waals surface area (Å²) in [7, 11) is 0. The summed E-state index contributed by atoms with van der Waals surface area (Å²) in [5, 5.41) is 3.61. The molecule has 2 fully saturated rings. The first-order chi connectivity index (χ1) is 8.74. The Balaban J connectivity index is 1.69. The fourth-order valence-corrected chi connectivity index (χ4v) is 2.95. The molecule has 98 valence electrons. The van der Waals surface area contributed by atoms with Gasteiger partial charge in [0, 0.05) is 31.7 Å². The van der Waals surface area contributed by atoms with Gasteiger partial charge in [-0.1, -0.05) is 12.1 Å². The molecule has 3 rings (SSSR count). The highest BCUT2D eigenvalue weighted by Gasteiger charge is 2.35. The van der Waals surface area contributed by atoms with Crippen molar-refractivity contribution < 1.29 is 4.39 Å². The van der Waals surface area contributed by atoms with Gasteiger partial charge in [-0.15, -0.1) is 0 Å². The Hall–Kier alpha value is -0.930. The monoisotopic (exact) mass is 248 g/mol. The SMILES string of the molecule is CC(c1cccc(F)c1)N1CCNC(C2CC2)C1. The van der Waals surface area contributed by atoms with Crippen LogP contribution in [-0.4, -0.2) is 30.6 Å². The Bertz CT molecular complexity index is 417. The van der Waals surface area contributed by atoms with Crippen LogP contribution in [0.1, 0.15) is 31.4 Å². The van der Waals surface area contributed by atoms with Crippen molar-refractivity contribution in [2.45, 2.75) is 31.8 Å². The van der Waals surface area contributed by atoms with Gasteiger partial charge in [0.2, 0.25) is 0 Å². The number of hydrogen-bond acceptors (Lipinski definition) is 2. The molecule has 0 aromatic heterocycles. The summed E-state index contributed by atoms with van der Waals surface area (Å²) in [6, 6.07) is 7.97. The first-order valence-corrected chi connectivity index (χ1v) is 6.97. The molecule has 1 N–H and O–H groups in total. The number of nitrogens with one attached hydrogen (secondary N) is 1. The minimum Gasteiger partial charge on any atom is -0.311 e. The second-order valence-corrected chi connectivity index (χ2v) is 5.62. The Morgan fingerprint density at radius 2 is 2.22 bits per heavy atom. The first-order valence-electron chi connectivity index (χ1n) is 6.97. The Kier molecular flexibility index (Phi) is 3.35. The van der Waals surface area contributed by atoms with Gasteiger partial charge in [-0.2, -0.15) is 0 Å². The summed E-state index contributed by atoms with van der Waals surface area (Å²) in [4.78, 5) is 2.48. The number of rotatable bonds is 3. The molecule has 1 aromatic carbocycles. The molecule has 2 atom stereocenters. The topological polar surface area (TPSA) is 15.3 Å². The molecule has 0 spiro atoms. The van der Waals surface area contributed by atoms with Crippen LogP contribution in [0.5, 0.6) is 0 Å². The van der Waals surface area contributed by atoms with Crippen LogP contribution >= 0.6 is 0 Å². The quantitative estimate of drug-likeness (QED) is 0.884. The van der Waals surface area contributed by atoms with Crippen molar-refractivity contribution in [2.24, 2.45) is 5.92 Å². The van der Waals surface area contributed by atoms with Gasteiger partial charge in [-0.3, -0.25) is 4.90 Å². The normalized spacial score (nSPS) is 27.1. The number of nitrogens with zero attached hydrogens (tertiary/aromatic N) is 1. The Morgan fingerprint density at radius 1 is 1.39 bits per heavy atom. The summed E-state index contributed by atoms with van der Waals surface area (Å²) in [6.07, 6.45) is 2.75. The van der Waals surface area contributed by atoms with Crippen LogP contribution in [0.15, 0.2) is 24.3 Å². The van der Waals surface area contributed by atoms with Gasteiger partial charge in [0.1, 0.15) is 5.82 Å². The van der Waals surface area contributed by atoms with E-state index in [1.165, 1.54) is 18.9 Å². The van der Waals surface area contributed by atoms with Gasteiger partial charge >= 0.3 is 0 Å². The van der Waals surface area contributed by atoms with Crippen molar-refractivity contribution in [3.63, 3.8) is 0 Å². The third-order valence-corrected chi connectivity index (χ3v) is 4.31. The van der Waals surface area contributed by atoms with Crippen LogP contribution in [0.4, 0.5) is 4.39 Å². The molecule has 2 unspecified atom stereocenters. The van der Waals surface area contributed by atoms with E-state index < -0.39 is 0 Å². The van der Waals surface area contributed by atoms with E-state index in [1.54, 1.807) is 6.07 Å². The highest BCUT2D eigenvalue weighted by molar-refractivity contribution is 5.20. The molecule has 1 aromatic rings. The van der Waals surface area contributed by atoms with Crippen LogP contribution in [0.25, 0.3) is 0 Å². The molecular formula is C15H21FN2. The van der Waals surface area contributed by atoms with Crippen LogP contribution in [0.2, 0.25) is 0 Å². The van der Waals surface area contributed by atoms with E-state index in [9.17, 15) is 4.39 Å². The highest BCUT2D eigenvalue weighted by atomic mass is 19.1. The van der Waals surface area contributed by atoms with E-state index >= 15 is 0 Å². The van der Waals surface area contributed by atoms with Crippen LogP contribution in [0.3, 0.4) is 0 Å². The summed E-state index contributed by atoms with van der Waals surface area (Å²) in [5.41, 5.74) is 1.09. The van der Waals surface area contributed by atoms with E-state index in [1.807, 2.05) is 12.1 Å². The lowest BCUT2D eigenvalue weighted by atomic mass is 10.0. The summed E-state index contributed by atoms with van der Waals surface area (Å²) < 4.78 is 13.3. The Labute approximate surface area is 108 Å². The van der Waals surface area contributed by atoms with E-state index in [-0.39, 0.29) is 5.82 Å². The minimum atomic E-state index is -0.131. The van der Waals surface area contributed by atoms with Gasteiger partial charge in [0.25, 0.3) is 0 Å². The maximum absolute atomic E-state index is 13.3. The third kappa shape index (κ3) is 2.57. The lowest BCUT2D eigenvalue weighted by Gasteiger charge is -2.38. The zero-order chi connectivity index (χ0) is 12.5. The zero-order valence-corrected chi connectivity index (χ0v) is 10.9. The van der Waals surface area contributed by atoms with Crippen molar-refractivity contribution in [1.29, 1.82) is 0 Å². The molecule has 1 saturated heterocycles. The van der Waals surface area contributed by atoms with E-state index in [4.69, 9.17) is 0 Å². The molecule has 1 aliphatic carbocycles. The molecule has 0 bridgehead atoms. The molecule has 1 saturated carbocycles. The van der Waals surface area contributed by atoms with Gasteiger partial charge < -0.3 is 5.32 Å². The molecule has 3 heteroatoms. The summed E-state index contributed by atoms with van der Waals surface area (Å²) in [6.45, 7) is 5.40. The molecule has 2 nitrogen and oxygen atoms in total. The minimum absolute atomic E-state index is 0.131. The van der Waals surface area contributed by atoms with E-state index in [2.05, 4.69) is 17.1 Å². The predicted molar refractivity (Wildman–Crippen MR) is 70.9 cm³/mol. The largest absolute Gasteiger partial charge is 0.311 e. The second kappa shape index (κ2) is 4.98. The van der Waals surface area contributed by atoms with Gasteiger partial charge in [-0.25, -0.2) is 4.39 Å². The molecule has 18 heavy (non-hydrogen) atoms. The number of piperazine rings is 1. The van der Waals surface area contributed by atoms with Crippen LogP contribution in [0, 0.1) is 11.7 Å². The molecule has 1 heterocycles. The van der Waals surface area contributed by atoms with Crippen LogP contribution in [-0.2, 0) is 0 Å². The maximum Gasteiger partial charge on any atom is 0.123 e. The van der Waals surface area contributed by atoms with Crippen molar-refractivity contribution in [2.75, 3.05) is 19.6 Å². The van der Waals surface area contributed by atoms with Gasteiger partial charge in [0.15, 0.2) is 0 Å². The maximum atomic E-state index is 13.3. The van der Waals surface area contributed by atoms with Gasteiger partial charge in [0.05, 0.1) is 0 Å². The number of halogens is 1. The first kappa shape index (κ1) is 12.1. The van der Waals surface area contributed by atoms with Crippen molar-refractivity contribution in [1.82, 2.24) is 10.2 Å².